The second kappa shape index (κ2) is 4.47. The molecule has 1 N–H and O–H groups in total. The molecule has 17 heavy (non-hydrogen) atoms. The zero-order valence-electron chi connectivity index (χ0n) is 8.78. The number of rotatable bonds is 2. The highest BCUT2D eigenvalue weighted by Gasteiger charge is 2.08. The minimum atomic E-state index is -0.675. The van der Waals surface area contributed by atoms with Crippen LogP contribution in [-0.4, -0.2) is 24.6 Å². The summed E-state index contributed by atoms with van der Waals surface area (Å²) in [6.45, 7) is 0. The van der Waals surface area contributed by atoms with Crippen LogP contribution in [0.2, 0.25) is 0 Å². The standard InChI is InChI=1S/C9H8N4O4/c1-16-9(14)11-10-5-6-2-3-7-8(4-6)13(15)17-12-7/h2-5H,1H3,(H,11,14)/b10-5+. The number of methoxy groups -OCH3 is 1. The average Bonchev–Trinajstić information content (AvgIpc) is 2.71. The number of hydrogen-bond acceptors (Lipinski definition) is 6. The molecule has 0 spiro atoms. The van der Waals surface area contributed by atoms with Crippen molar-refractivity contribution in [3.63, 3.8) is 0 Å². The fraction of sp³-hybridized carbons (Fsp3) is 0.111. The summed E-state index contributed by atoms with van der Waals surface area (Å²) in [6, 6.07) is 4.81. The molecule has 0 saturated carbocycles. The number of benzene rings is 1. The Morgan fingerprint density at radius 2 is 2.53 bits per heavy atom. The number of carbonyl (C=O) groups excluding carboxylic acids is 1. The van der Waals surface area contributed by atoms with Crippen LogP contribution in [-0.2, 0) is 4.74 Å². The van der Waals surface area contributed by atoms with Gasteiger partial charge in [-0.05, 0) is 22.6 Å². The smallest absolute Gasteiger partial charge is 0.427 e. The van der Waals surface area contributed by atoms with E-state index >= 15 is 0 Å². The Labute approximate surface area is 95.0 Å². The monoisotopic (exact) mass is 236 g/mol. The molecule has 0 saturated heterocycles. The van der Waals surface area contributed by atoms with E-state index in [1.54, 1.807) is 12.1 Å². The highest BCUT2D eigenvalue weighted by Crippen LogP contribution is 2.08. The normalized spacial score (nSPS) is 10.9. The largest absolute Gasteiger partial charge is 0.452 e. The molecule has 0 bridgehead atoms. The summed E-state index contributed by atoms with van der Waals surface area (Å²) in [5, 5.41) is 18.3. The lowest BCUT2D eigenvalue weighted by atomic mass is 10.2. The van der Waals surface area contributed by atoms with Gasteiger partial charge in [-0.3, -0.25) is 4.63 Å². The number of ether oxygens (including phenoxy) is 1. The first-order valence-corrected chi connectivity index (χ1v) is 4.57. The van der Waals surface area contributed by atoms with Crippen LogP contribution < -0.4 is 10.3 Å². The summed E-state index contributed by atoms with van der Waals surface area (Å²) < 4.78 is 8.73. The summed E-state index contributed by atoms with van der Waals surface area (Å²) in [4.78, 5) is 11.0. The Morgan fingerprint density at radius 1 is 1.71 bits per heavy atom. The third-order valence-electron chi connectivity index (χ3n) is 1.96. The average molecular weight is 236 g/mol. The minimum absolute atomic E-state index is 0.284. The van der Waals surface area contributed by atoms with Gasteiger partial charge in [0.2, 0.25) is 11.0 Å². The summed E-state index contributed by atoms with van der Waals surface area (Å²) >= 11 is 0. The van der Waals surface area contributed by atoms with Crippen LogP contribution in [0, 0.1) is 5.21 Å². The van der Waals surface area contributed by atoms with Crippen LogP contribution in [0.5, 0.6) is 0 Å². The first kappa shape index (κ1) is 10.9. The molecule has 8 nitrogen and oxygen atoms in total. The lowest BCUT2D eigenvalue weighted by Crippen LogP contribution is -2.22. The molecular formula is C9H8N4O4. The van der Waals surface area contributed by atoms with Crippen LogP contribution in [0.3, 0.4) is 0 Å². The quantitative estimate of drug-likeness (QED) is 0.454. The van der Waals surface area contributed by atoms with E-state index in [1.807, 2.05) is 0 Å². The van der Waals surface area contributed by atoms with Crippen LogP contribution in [0.25, 0.3) is 11.0 Å². The third-order valence-corrected chi connectivity index (χ3v) is 1.96. The van der Waals surface area contributed by atoms with Crippen molar-refractivity contribution >= 4 is 23.3 Å². The molecule has 0 aliphatic carbocycles. The first-order chi connectivity index (χ1) is 8.20. The summed E-state index contributed by atoms with van der Waals surface area (Å²) in [5.41, 5.74) is 3.46. The summed E-state index contributed by atoms with van der Waals surface area (Å²) in [7, 11) is 1.23. The second-order valence-corrected chi connectivity index (χ2v) is 3.04. The van der Waals surface area contributed by atoms with Crippen molar-refractivity contribution in [3.05, 3.63) is 29.0 Å². The molecule has 0 radical (unpaired) electrons. The SMILES string of the molecule is COC(=O)N/N=C/c1ccc2no[n+]([O-])c2c1. The topological polar surface area (TPSA) is 104 Å². The molecule has 8 heteroatoms. The molecule has 2 aromatic rings. The van der Waals surface area contributed by atoms with Gasteiger partial charge in [0.25, 0.3) is 0 Å². The molecule has 0 aliphatic heterocycles. The van der Waals surface area contributed by atoms with E-state index < -0.39 is 6.09 Å². The van der Waals surface area contributed by atoms with E-state index in [0.29, 0.717) is 16.0 Å². The lowest BCUT2D eigenvalue weighted by Gasteiger charge is -1.95. The van der Waals surface area contributed by atoms with Gasteiger partial charge in [-0.15, -0.1) is 0 Å². The van der Waals surface area contributed by atoms with Crippen LogP contribution in [0.15, 0.2) is 27.9 Å². The number of aromatic nitrogens is 2. The number of nitrogens with one attached hydrogen (secondary N) is 1. The van der Waals surface area contributed by atoms with E-state index in [-0.39, 0.29) is 5.52 Å². The molecule has 1 heterocycles. The van der Waals surface area contributed by atoms with E-state index in [4.69, 9.17) is 0 Å². The van der Waals surface area contributed by atoms with Crippen molar-refractivity contribution in [3.8, 4) is 0 Å². The zero-order chi connectivity index (χ0) is 12.3. The van der Waals surface area contributed by atoms with Gasteiger partial charge in [0, 0.05) is 11.2 Å². The van der Waals surface area contributed by atoms with Crippen molar-refractivity contribution in [1.82, 2.24) is 10.6 Å². The maximum Gasteiger partial charge on any atom is 0.427 e. The van der Waals surface area contributed by atoms with Gasteiger partial charge in [0.1, 0.15) is 0 Å². The Hall–Kier alpha value is -2.64. The minimum Gasteiger partial charge on any atom is -0.452 e. The number of hydrogen-bond donors (Lipinski definition) is 1. The number of hydrazone groups is 1. The van der Waals surface area contributed by atoms with Crippen molar-refractivity contribution in [1.29, 1.82) is 0 Å². The highest BCUT2D eigenvalue weighted by molar-refractivity contribution is 5.86. The molecule has 0 atom stereocenters. The van der Waals surface area contributed by atoms with Gasteiger partial charge in [0.15, 0.2) is 0 Å². The van der Waals surface area contributed by atoms with Crippen LogP contribution in [0.1, 0.15) is 5.56 Å². The Balaban J connectivity index is 2.19. The van der Waals surface area contributed by atoms with Crippen molar-refractivity contribution in [2.75, 3.05) is 7.11 Å². The van der Waals surface area contributed by atoms with Gasteiger partial charge in [-0.25, -0.2) is 10.2 Å². The molecule has 1 amide bonds. The van der Waals surface area contributed by atoms with E-state index in [1.165, 1.54) is 19.4 Å². The van der Waals surface area contributed by atoms with E-state index in [2.05, 4.69) is 25.0 Å². The van der Waals surface area contributed by atoms with Gasteiger partial charge >= 0.3 is 6.09 Å². The zero-order valence-corrected chi connectivity index (χ0v) is 8.78. The molecule has 0 aliphatic rings. The lowest BCUT2D eigenvalue weighted by molar-refractivity contribution is -0.782. The number of carbonyl (C=O) groups is 1. The number of nitrogens with zero attached hydrogens (tertiary/aromatic N) is 3. The van der Waals surface area contributed by atoms with E-state index in [0.717, 1.165) is 0 Å². The Bertz CT molecular complexity index is 577. The number of fused-ring (bicyclic) bond motifs is 1. The Kier molecular flexibility index (Phi) is 2.86. The molecule has 0 unspecified atom stereocenters. The maximum atomic E-state index is 11.1. The van der Waals surface area contributed by atoms with Gasteiger partial charge in [0.05, 0.1) is 13.3 Å². The van der Waals surface area contributed by atoms with Crippen molar-refractivity contribution in [2.45, 2.75) is 0 Å². The summed E-state index contributed by atoms with van der Waals surface area (Å²) in [6.07, 6.45) is 0.690. The van der Waals surface area contributed by atoms with Gasteiger partial charge < -0.3 is 9.94 Å². The van der Waals surface area contributed by atoms with E-state index in [9.17, 15) is 10.0 Å². The van der Waals surface area contributed by atoms with Crippen molar-refractivity contribution in [2.24, 2.45) is 5.10 Å². The molecule has 0 fully saturated rings. The predicted molar refractivity (Wildman–Crippen MR) is 56.1 cm³/mol. The Morgan fingerprint density at radius 3 is 3.29 bits per heavy atom. The van der Waals surface area contributed by atoms with Crippen LogP contribution in [0.4, 0.5) is 4.79 Å². The predicted octanol–water partition coefficient (Wildman–Crippen LogP) is 0.151. The second-order valence-electron chi connectivity index (χ2n) is 3.04. The molecule has 88 valence electrons. The van der Waals surface area contributed by atoms with Gasteiger partial charge in [-0.2, -0.15) is 5.10 Å². The molecule has 2 rings (SSSR count). The van der Waals surface area contributed by atoms with Gasteiger partial charge in [-0.1, -0.05) is 0 Å². The third kappa shape index (κ3) is 2.30. The molecule has 1 aromatic heterocycles. The first-order valence-electron chi connectivity index (χ1n) is 4.57. The number of amides is 1. The maximum absolute atomic E-state index is 11.1. The highest BCUT2D eigenvalue weighted by atomic mass is 16.8. The van der Waals surface area contributed by atoms with Crippen molar-refractivity contribution < 1.29 is 19.1 Å². The molecular weight excluding hydrogens is 228 g/mol. The molecule has 1 aromatic carbocycles. The fourth-order valence-corrected chi connectivity index (χ4v) is 1.17. The fourth-order valence-electron chi connectivity index (χ4n) is 1.17. The summed E-state index contributed by atoms with van der Waals surface area (Å²) in [5.74, 6) is 0. The van der Waals surface area contributed by atoms with Crippen LogP contribution >= 0.6 is 0 Å².